The van der Waals surface area contributed by atoms with Crippen molar-refractivity contribution in [3.05, 3.63) is 185 Å². The first-order chi connectivity index (χ1) is 25.8. The smallest absolute Gasteiger partial charge is 0.132 e. The van der Waals surface area contributed by atoms with Crippen molar-refractivity contribution in [2.75, 3.05) is 4.90 Å². The number of rotatable bonds is 5. The molecule has 0 aromatic heterocycles. The van der Waals surface area contributed by atoms with Crippen molar-refractivity contribution in [1.29, 1.82) is 0 Å². The first-order valence-corrected chi connectivity index (χ1v) is 20.3. The van der Waals surface area contributed by atoms with E-state index in [4.69, 9.17) is 4.74 Å². The van der Waals surface area contributed by atoms with Gasteiger partial charge in [-0.2, -0.15) is 0 Å². The average molecular weight is 696 g/mol. The largest absolute Gasteiger partial charge is 0.457 e. The number of ether oxygens (including phenoxy) is 1. The van der Waals surface area contributed by atoms with Gasteiger partial charge in [-0.3, -0.25) is 0 Å². The normalized spacial score (nSPS) is 22.6. The maximum atomic E-state index is 6.86. The van der Waals surface area contributed by atoms with E-state index in [-0.39, 0.29) is 0 Å². The van der Waals surface area contributed by atoms with E-state index in [0.29, 0.717) is 23.9 Å². The summed E-state index contributed by atoms with van der Waals surface area (Å²) in [6, 6.07) is 57.7. The lowest BCUT2D eigenvalue weighted by Crippen LogP contribution is -2.47. The van der Waals surface area contributed by atoms with Gasteiger partial charge in [0.15, 0.2) is 0 Å². The molecule has 6 aromatic rings. The third-order valence-corrected chi connectivity index (χ3v) is 13.9. The van der Waals surface area contributed by atoms with Crippen LogP contribution in [0.5, 0.6) is 11.5 Å². The first kappa shape index (κ1) is 32.0. The van der Waals surface area contributed by atoms with Crippen LogP contribution in [-0.4, -0.2) is 12.1 Å². The van der Waals surface area contributed by atoms with Gasteiger partial charge >= 0.3 is 0 Å². The number of hydrogen-bond donors (Lipinski definition) is 0. The maximum absolute atomic E-state index is 6.86. The lowest BCUT2D eigenvalue weighted by molar-refractivity contribution is 0.310. The molecule has 52 heavy (non-hydrogen) atoms. The van der Waals surface area contributed by atoms with Crippen LogP contribution in [0.2, 0.25) is 0 Å². The van der Waals surface area contributed by atoms with Gasteiger partial charge in [0.25, 0.3) is 0 Å². The number of benzene rings is 6. The summed E-state index contributed by atoms with van der Waals surface area (Å²) >= 11 is 1.90. The minimum absolute atomic E-state index is 0.472. The van der Waals surface area contributed by atoms with Crippen molar-refractivity contribution in [3.8, 4) is 11.5 Å². The molecule has 0 saturated heterocycles. The highest BCUT2D eigenvalue weighted by Crippen LogP contribution is 2.62. The molecule has 0 radical (unpaired) electrons. The molecule has 2 fully saturated rings. The van der Waals surface area contributed by atoms with E-state index in [2.05, 4.69) is 157 Å². The van der Waals surface area contributed by atoms with Crippen LogP contribution in [0, 0.1) is 0 Å². The summed E-state index contributed by atoms with van der Waals surface area (Å²) in [5, 5.41) is 0. The Hall–Kier alpha value is -4.73. The monoisotopic (exact) mass is 695 g/mol. The van der Waals surface area contributed by atoms with Crippen molar-refractivity contribution in [2.45, 2.75) is 90.5 Å². The Morgan fingerprint density at radius 3 is 1.46 bits per heavy atom. The van der Waals surface area contributed by atoms with Crippen LogP contribution in [-0.2, 0) is 5.41 Å². The first-order valence-electron chi connectivity index (χ1n) is 19.4. The van der Waals surface area contributed by atoms with Crippen LogP contribution >= 0.6 is 11.8 Å². The summed E-state index contributed by atoms with van der Waals surface area (Å²) < 4.78 is 6.86. The molecule has 0 N–H and O–H groups in total. The molecule has 0 unspecified atom stereocenters. The quantitative estimate of drug-likeness (QED) is 0.178. The molecule has 1 spiro atoms. The van der Waals surface area contributed by atoms with E-state index < -0.39 is 5.41 Å². The number of nitrogens with zero attached hydrogens (tertiary/aromatic N) is 1. The van der Waals surface area contributed by atoms with Gasteiger partial charge in [-0.1, -0.05) is 127 Å². The molecule has 0 bridgehead atoms. The second kappa shape index (κ2) is 13.4. The molecule has 2 saturated carbocycles. The maximum Gasteiger partial charge on any atom is 0.132 e. The van der Waals surface area contributed by atoms with E-state index >= 15 is 0 Å². The Balaban J connectivity index is 1.09. The Bertz CT molecular complexity index is 2030. The minimum Gasteiger partial charge on any atom is -0.457 e. The van der Waals surface area contributed by atoms with E-state index in [9.17, 15) is 0 Å². The zero-order chi connectivity index (χ0) is 34.5. The highest BCUT2D eigenvalue weighted by atomic mass is 32.2. The Labute approximate surface area is 312 Å². The molecule has 10 rings (SSSR count). The third kappa shape index (κ3) is 5.31. The predicted molar refractivity (Wildman–Crippen MR) is 214 cm³/mol. The fourth-order valence-corrected chi connectivity index (χ4v) is 11.5. The lowest BCUT2D eigenvalue weighted by atomic mass is 9.63. The predicted octanol–water partition coefficient (Wildman–Crippen LogP) is 12.9. The number of hydrogen-bond acceptors (Lipinski definition) is 3. The van der Waals surface area contributed by atoms with Crippen LogP contribution in [0.25, 0.3) is 0 Å². The zero-order valence-corrected chi connectivity index (χ0v) is 30.5. The average Bonchev–Trinajstić information content (AvgIpc) is 3.22. The fraction of sp³-hybridized carbons (Fsp3) is 0.265. The van der Waals surface area contributed by atoms with Crippen molar-refractivity contribution in [2.24, 2.45) is 0 Å². The molecule has 0 amide bonds. The Kier molecular flexibility index (Phi) is 8.21. The molecule has 3 heteroatoms. The van der Waals surface area contributed by atoms with Gasteiger partial charge in [0.1, 0.15) is 11.5 Å². The summed E-state index contributed by atoms with van der Waals surface area (Å²) in [6.07, 6.45) is 9.87. The van der Waals surface area contributed by atoms with E-state index in [1.54, 1.807) is 0 Å². The molecule has 2 aliphatic heterocycles. The van der Waals surface area contributed by atoms with E-state index in [0.717, 1.165) is 11.5 Å². The standard InChI is InChI=1S/C49H45NOS/c1-3-13-34(14-4-1)36-23-27-38(28-24-36)50(39-29-25-37(26-30-39)35-15-5-2-6-16-35)40-31-32-46-44(33-40)49(41-17-7-10-20-45(41)51-46)42-18-8-11-21-47(42)52-48-22-12-9-19-43(48)49/h1-22,31-33,36-39H,23-30H2. The van der Waals surface area contributed by atoms with Crippen LogP contribution in [0.4, 0.5) is 5.69 Å². The van der Waals surface area contributed by atoms with Gasteiger partial charge < -0.3 is 9.64 Å². The molecule has 4 aliphatic rings. The van der Waals surface area contributed by atoms with Crippen molar-refractivity contribution < 1.29 is 4.74 Å². The summed E-state index contributed by atoms with van der Waals surface area (Å²) in [5.74, 6) is 3.23. The number of fused-ring (bicyclic) bond motifs is 8. The van der Waals surface area contributed by atoms with Crippen LogP contribution in [0.1, 0.15) is 96.6 Å². The van der Waals surface area contributed by atoms with E-state index in [1.807, 2.05) is 11.8 Å². The Morgan fingerprint density at radius 1 is 0.442 bits per heavy atom. The van der Waals surface area contributed by atoms with Crippen molar-refractivity contribution >= 4 is 17.4 Å². The molecule has 0 atom stereocenters. The molecular weight excluding hydrogens is 651 g/mol. The van der Waals surface area contributed by atoms with Gasteiger partial charge in [0.2, 0.25) is 0 Å². The number of para-hydroxylation sites is 1. The van der Waals surface area contributed by atoms with Gasteiger partial charge in [0, 0.05) is 38.7 Å². The molecule has 2 heterocycles. The second-order valence-electron chi connectivity index (χ2n) is 15.4. The molecule has 258 valence electrons. The Morgan fingerprint density at radius 2 is 0.904 bits per heavy atom. The topological polar surface area (TPSA) is 12.5 Å². The van der Waals surface area contributed by atoms with Gasteiger partial charge in [-0.05, 0) is 122 Å². The SMILES string of the molecule is c1ccc(C2CCC(N(c3ccc4c(c3)C3(c5ccccc5O4)c4ccccc4Sc4ccccc43)C3CCC(c4ccccc4)CC3)CC2)cc1. The summed E-state index contributed by atoms with van der Waals surface area (Å²) in [7, 11) is 0. The fourth-order valence-electron chi connectivity index (χ4n) is 10.3. The molecule has 2 aliphatic carbocycles. The highest BCUT2D eigenvalue weighted by Gasteiger charge is 2.50. The zero-order valence-electron chi connectivity index (χ0n) is 29.7. The van der Waals surface area contributed by atoms with Gasteiger partial charge in [0.05, 0.1) is 5.41 Å². The second-order valence-corrected chi connectivity index (χ2v) is 16.4. The van der Waals surface area contributed by atoms with Gasteiger partial charge in [-0.25, -0.2) is 0 Å². The van der Waals surface area contributed by atoms with Crippen molar-refractivity contribution in [3.63, 3.8) is 0 Å². The third-order valence-electron chi connectivity index (χ3n) is 12.7. The van der Waals surface area contributed by atoms with Crippen LogP contribution in [0.15, 0.2) is 161 Å². The van der Waals surface area contributed by atoms with Gasteiger partial charge in [-0.15, -0.1) is 0 Å². The minimum atomic E-state index is -0.472. The lowest BCUT2D eigenvalue weighted by Gasteiger charge is -2.48. The molecule has 6 aromatic carbocycles. The number of anilines is 1. The van der Waals surface area contributed by atoms with Crippen molar-refractivity contribution in [1.82, 2.24) is 0 Å². The van der Waals surface area contributed by atoms with Crippen LogP contribution in [0.3, 0.4) is 0 Å². The summed E-state index contributed by atoms with van der Waals surface area (Å²) in [6.45, 7) is 0. The molecular formula is C49H45NOS. The highest BCUT2D eigenvalue weighted by molar-refractivity contribution is 7.99. The summed E-state index contributed by atoms with van der Waals surface area (Å²) in [5.41, 5.74) is 9.12. The summed E-state index contributed by atoms with van der Waals surface area (Å²) in [4.78, 5) is 5.56. The van der Waals surface area contributed by atoms with Crippen LogP contribution < -0.4 is 9.64 Å². The molecule has 2 nitrogen and oxygen atoms in total. The van der Waals surface area contributed by atoms with E-state index in [1.165, 1.54) is 100 Å².